The molecule has 100 valence electrons. The van der Waals surface area contributed by atoms with Crippen LogP contribution in [0.15, 0.2) is 18.2 Å². The second-order valence-electron chi connectivity index (χ2n) is 4.79. The van der Waals surface area contributed by atoms with Gasteiger partial charge in [-0.1, -0.05) is 12.1 Å². The molecule has 0 bridgehead atoms. The van der Waals surface area contributed by atoms with E-state index in [-0.39, 0.29) is 24.4 Å². The van der Waals surface area contributed by atoms with Gasteiger partial charge in [0.1, 0.15) is 5.78 Å². The number of Topliss-reactive ketones (excluding diaryl/α,β-unsaturated/α-hetero) is 1. The number of carbonyl (C=O) groups is 1. The molecule has 0 unspecified atom stereocenters. The molecule has 0 aromatic heterocycles. The van der Waals surface area contributed by atoms with Crippen LogP contribution in [-0.2, 0) is 16.0 Å². The summed E-state index contributed by atoms with van der Waals surface area (Å²) >= 11 is 0. The number of rotatable bonds is 6. The largest absolute Gasteiger partial charge is 0.494 e. The Kier molecular flexibility index (Phi) is 4.84. The van der Waals surface area contributed by atoms with Crippen LogP contribution in [0.5, 0.6) is 5.75 Å². The predicted octanol–water partition coefficient (Wildman–Crippen LogP) is 2.76. The monoisotopic (exact) mass is 254 g/mol. The van der Waals surface area contributed by atoms with Crippen molar-refractivity contribution in [3.05, 3.63) is 29.6 Å². The van der Waals surface area contributed by atoms with Crippen molar-refractivity contribution < 1.29 is 18.7 Å². The maximum atomic E-state index is 13.8. The lowest BCUT2D eigenvalue weighted by atomic mass is 9.97. The average molecular weight is 254 g/mol. The first-order valence-electron chi connectivity index (χ1n) is 5.78. The van der Waals surface area contributed by atoms with Gasteiger partial charge in [0.15, 0.2) is 11.6 Å². The number of ether oxygens (including phenoxy) is 2. The number of hydrogen-bond donors (Lipinski definition) is 0. The molecule has 0 fully saturated rings. The highest BCUT2D eigenvalue weighted by Gasteiger charge is 2.22. The molecule has 18 heavy (non-hydrogen) atoms. The molecule has 1 aromatic carbocycles. The molecular formula is C14H19FO3. The fraction of sp³-hybridized carbons (Fsp3) is 0.500. The van der Waals surface area contributed by atoms with Crippen LogP contribution >= 0.6 is 0 Å². The quantitative estimate of drug-likeness (QED) is 0.783. The Morgan fingerprint density at radius 3 is 2.56 bits per heavy atom. The Morgan fingerprint density at radius 1 is 1.33 bits per heavy atom. The van der Waals surface area contributed by atoms with Crippen molar-refractivity contribution in [1.82, 2.24) is 0 Å². The van der Waals surface area contributed by atoms with Gasteiger partial charge in [0, 0.05) is 20.0 Å². The summed E-state index contributed by atoms with van der Waals surface area (Å²) in [6.45, 7) is 3.65. The third-order valence-corrected chi connectivity index (χ3v) is 2.83. The van der Waals surface area contributed by atoms with Crippen molar-refractivity contribution in [3.63, 3.8) is 0 Å². The van der Waals surface area contributed by atoms with Crippen molar-refractivity contribution in [2.75, 3.05) is 14.2 Å². The maximum absolute atomic E-state index is 13.8. The average Bonchev–Trinajstić information content (AvgIpc) is 2.31. The molecule has 1 rings (SSSR count). The molecule has 4 heteroatoms. The normalized spacial score (nSPS) is 11.4. The third-order valence-electron chi connectivity index (χ3n) is 2.83. The molecule has 0 heterocycles. The van der Waals surface area contributed by atoms with E-state index in [9.17, 15) is 9.18 Å². The van der Waals surface area contributed by atoms with E-state index in [4.69, 9.17) is 9.47 Å². The van der Waals surface area contributed by atoms with Crippen LogP contribution in [-0.4, -0.2) is 25.6 Å². The zero-order valence-electron chi connectivity index (χ0n) is 11.2. The van der Waals surface area contributed by atoms with Crippen molar-refractivity contribution in [2.45, 2.75) is 32.3 Å². The highest BCUT2D eigenvalue weighted by Crippen LogP contribution is 2.22. The lowest BCUT2D eigenvalue weighted by molar-refractivity contribution is -0.123. The lowest BCUT2D eigenvalue weighted by Gasteiger charge is -2.21. The summed E-state index contributed by atoms with van der Waals surface area (Å²) in [5, 5.41) is 0. The van der Waals surface area contributed by atoms with Crippen LogP contribution in [0.25, 0.3) is 0 Å². The van der Waals surface area contributed by atoms with Gasteiger partial charge < -0.3 is 9.47 Å². The lowest BCUT2D eigenvalue weighted by Crippen LogP contribution is -2.27. The number of methoxy groups -OCH3 is 2. The first kappa shape index (κ1) is 14.6. The molecular weight excluding hydrogens is 235 g/mol. The molecule has 1 aromatic rings. The summed E-state index contributed by atoms with van der Waals surface area (Å²) < 4.78 is 23.9. The molecule has 0 atom stereocenters. The molecule has 0 saturated heterocycles. The zero-order valence-corrected chi connectivity index (χ0v) is 11.2. The summed E-state index contributed by atoms with van der Waals surface area (Å²) in [6, 6.07) is 4.80. The summed E-state index contributed by atoms with van der Waals surface area (Å²) in [7, 11) is 2.96. The number of halogens is 1. The van der Waals surface area contributed by atoms with Gasteiger partial charge in [0.2, 0.25) is 0 Å². The second kappa shape index (κ2) is 5.96. The van der Waals surface area contributed by atoms with Crippen molar-refractivity contribution in [1.29, 1.82) is 0 Å². The molecule has 0 radical (unpaired) electrons. The summed E-state index contributed by atoms with van der Waals surface area (Å²) in [5.41, 5.74) is -0.168. The minimum absolute atomic E-state index is 0.0514. The van der Waals surface area contributed by atoms with Gasteiger partial charge in [-0.05, 0) is 25.5 Å². The first-order valence-corrected chi connectivity index (χ1v) is 5.78. The third kappa shape index (κ3) is 3.81. The van der Waals surface area contributed by atoms with Gasteiger partial charge in [0.25, 0.3) is 0 Å². The first-order chi connectivity index (χ1) is 8.39. The van der Waals surface area contributed by atoms with Crippen LogP contribution in [0.3, 0.4) is 0 Å². The Labute approximate surface area is 107 Å². The van der Waals surface area contributed by atoms with Crippen molar-refractivity contribution in [3.8, 4) is 5.75 Å². The van der Waals surface area contributed by atoms with Crippen LogP contribution in [0.1, 0.15) is 25.8 Å². The molecule has 0 spiro atoms. The van der Waals surface area contributed by atoms with E-state index in [2.05, 4.69) is 0 Å². The van der Waals surface area contributed by atoms with E-state index in [1.165, 1.54) is 13.2 Å². The Morgan fingerprint density at radius 2 is 2.00 bits per heavy atom. The van der Waals surface area contributed by atoms with Crippen LogP contribution in [0.2, 0.25) is 0 Å². The van der Waals surface area contributed by atoms with Gasteiger partial charge in [-0.2, -0.15) is 0 Å². The van der Waals surface area contributed by atoms with Crippen molar-refractivity contribution >= 4 is 5.78 Å². The van der Waals surface area contributed by atoms with Crippen LogP contribution in [0.4, 0.5) is 4.39 Å². The van der Waals surface area contributed by atoms with E-state index in [0.29, 0.717) is 5.56 Å². The second-order valence-corrected chi connectivity index (χ2v) is 4.79. The van der Waals surface area contributed by atoms with E-state index in [1.807, 2.05) is 13.8 Å². The minimum Gasteiger partial charge on any atom is -0.494 e. The zero-order chi connectivity index (χ0) is 13.8. The Hall–Kier alpha value is -1.42. The molecule has 0 aliphatic heterocycles. The minimum atomic E-state index is -0.521. The molecule has 0 aliphatic carbocycles. The predicted molar refractivity (Wildman–Crippen MR) is 67.4 cm³/mol. The summed E-state index contributed by atoms with van der Waals surface area (Å²) in [4.78, 5) is 11.9. The fourth-order valence-corrected chi connectivity index (χ4v) is 1.67. The smallest absolute Gasteiger partial charge is 0.168 e. The molecule has 0 amide bonds. The summed E-state index contributed by atoms with van der Waals surface area (Å²) in [6.07, 6.45) is 0.302. The Balaban J connectivity index is 2.77. The Bertz CT molecular complexity index is 427. The van der Waals surface area contributed by atoms with Gasteiger partial charge in [-0.3, -0.25) is 4.79 Å². The number of hydrogen-bond acceptors (Lipinski definition) is 3. The molecule has 0 N–H and O–H groups in total. The van der Waals surface area contributed by atoms with Gasteiger partial charge in [-0.15, -0.1) is 0 Å². The van der Waals surface area contributed by atoms with Gasteiger partial charge >= 0.3 is 0 Å². The van der Waals surface area contributed by atoms with Crippen molar-refractivity contribution in [2.24, 2.45) is 0 Å². The molecule has 3 nitrogen and oxygen atoms in total. The van der Waals surface area contributed by atoms with E-state index < -0.39 is 11.4 Å². The fourth-order valence-electron chi connectivity index (χ4n) is 1.67. The van der Waals surface area contributed by atoms with E-state index in [0.717, 1.165) is 0 Å². The maximum Gasteiger partial charge on any atom is 0.168 e. The van der Waals surface area contributed by atoms with E-state index >= 15 is 0 Å². The topological polar surface area (TPSA) is 35.5 Å². The summed E-state index contributed by atoms with van der Waals surface area (Å²) in [5.74, 6) is -0.371. The highest BCUT2D eigenvalue weighted by atomic mass is 19.1. The SMILES string of the molecule is COc1cccc(CC(=O)CC(C)(C)OC)c1F. The van der Waals surface area contributed by atoms with Gasteiger partial charge in [0.05, 0.1) is 12.7 Å². The highest BCUT2D eigenvalue weighted by molar-refractivity contribution is 5.81. The standard InChI is InChI=1S/C14H19FO3/c1-14(2,18-4)9-11(16)8-10-6-5-7-12(17-3)13(10)15/h5-7H,8-9H2,1-4H3. The molecule has 0 saturated carbocycles. The van der Waals surface area contributed by atoms with Crippen LogP contribution in [0, 0.1) is 5.82 Å². The molecule has 0 aliphatic rings. The number of ketones is 1. The van der Waals surface area contributed by atoms with Crippen LogP contribution < -0.4 is 4.74 Å². The number of carbonyl (C=O) groups excluding carboxylic acids is 1. The van der Waals surface area contributed by atoms with E-state index in [1.54, 1.807) is 19.2 Å². The number of benzene rings is 1. The van der Waals surface area contributed by atoms with Gasteiger partial charge in [-0.25, -0.2) is 4.39 Å².